The number of rotatable bonds is 5. The zero-order valence-electron chi connectivity index (χ0n) is 11.4. The molecule has 3 rings (SSSR count). The Balaban J connectivity index is 1.44. The Hall–Kier alpha value is -1.94. The molecule has 2 atom stereocenters. The summed E-state index contributed by atoms with van der Waals surface area (Å²) in [4.78, 5) is 24.6. The van der Waals surface area contributed by atoms with Gasteiger partial charge in [-0.3, -0.25) is 14.5 Å². The van der Waals surface area contributed by atoms with Gasteiger partial charge in [0.2, 0.25) is 0 Å². The summed E-state index contributed by atoms with van der Waals surface area (Å²) in [5, 5.41) is 0. The third-order valence-corrected chi connectivity index (χ3v) is 3.77. The van der Waals surface area contributed by atoms with E-state index in [2.05, 4.69) is 12.1 Å². The number of amides is 2. The summed E-state index contributed by atoms with van der Waals surface area (Å²) in [6.45, 7) is 2.16. The maximum Gasteiger partial charge on any atom is 0.256 e. The normalized spacial score (nSPS) is 25.1. The lowest BCUT2D eigenvalue weighted by Gasteiger charge is -2.13. The zero-order valence-corrected chi connectivity index (χ0v) is 11.4. The van der Waals surface area contributed by atoms with Gasteiger partial charge in [-0.05, 0) is 25.3 Å². The van der Waals surface area contributed by atoms with E-state index in [1.54, 1.807) is 6.92 Å². The minimum atomic E-state index is -0.191. The van der Waals surface area contributed by atoms with Crippen LogP contribution in [0.1, 0.15) is 31.4 Å². The van der Waals surface area contributed by atoms with E-state index >= 15 is 0 Å². The second kappa shape index (κ2) is 5.21. The Morgan fingerprint density at radius 3 is 2.60 bits per heavy atom. The first-order chi connectivity index (χ1) is 9.66. The van der Waals surface area contributed by atoms with Crippen molar-refractivity contribution in [3.63, 3.8) is 0 Å². The van der Waals surface area contributed by atoms with Crippen LogP contribution < -0.4 is 0 Å². The van der Waals surface area contributed by atoms with Crippen LogP contribution >= 0.6 is 0 Å². The highest BCUT2D eigenvalue weighted by molar-refractivity contribution is 6.15. The second-order valence-corrected chi connectivity index (χ2v) is 5.27. The van der Waals surface area contributed by atoms with E-state index in [0.29, 0.717) is 12.1 Å². The summed E-state index contributed by atoms with van der Waals surface area (Å²) < 4.78 is 5.64. The molecule has 2 heterocycles. The molecular weight excluding hydrogens is 254 g/mol. The summed E-state index contributed by atoms with van der Waals surface area (Å²) in [6.07, 6.45) is 3.46. The van der Waals surface area contributed by atoms with Crippen molar-refractivity contribution in [2.45, 2.75) is 32.0 Å². The predicted molar refractivity (Wildman–Crippen MR) is 73.8 cm³/mol. The Morgan fingerprint density at radius 1 is 1.20 bits per heavy atom. The van der Waals surface area contributed by atoms with Crippen molar-refractivity contribution in [3.8, 4) is 0 Å². The smallest absolute Gasteiger partial charge is 0.256 e. The molecule has 1 aromatic rings. The predicted octanol–water partition coefficient (Wildman–Crippen LogP) is 2.22. The average molecular weight is 271 g/mol. The van der Waals surface area contributed by atoms with Gasteiger partial charge >= 0.3 is 0 Å². The van der Waals surface area contributed by atoms with E-state index in [9.17, 15) is 9.59 Å². The lowest BCUT2D eigenvalue weighted by Crippen LogP contribution is -2.31. The van der Waals surface area contributed by atoms with Gasteiger partial charge in [0.25, 0.3) is 11.8 Å². The van der Waals surface area contributed by atoms with Gasteiger partial charge in [-0.2, -0.15) is 0 Å². The fraction of sp³-hybridized carbons (Fsp3) is 0.375. The molecule has 2 aliphatic heterocycles. The lowest BCUT2D eigenvalue weighted by molar-refractivity contribution is -0.137. The summed E-state index contributed by atoms with van der Waals surface area (Å²) in [7, 11) is 0. The fourth-order valence-corrected chi connectivity index (χ4v) is 2.60. The molecule has 0 N–H and O–H groups in total. The molecule has 4 heteroatoms. The van der Waals surface area contributed by atoms with Crippen molar-refractivity contribution in [3.05, 3.63) is 47.5 Å². The molecule has 4 nitrogen and oxygen atoms in total. The monoisotopic (exact) mass is 271 g/mol. The Morgan fingerprint density at radius 2 is 1.95 bits per heavy atom. The quantitative estimate of drug-likeness (QED) is 0.609. The molecule has 0 aliphatic carbocycles. The maximum atomic E-state index is 11.7. The van der Waals surface area contributed by atoms with Crippen LogP contribution in [0.25, 0.3) is 0 Å². The number of hydrogen-bond donors (Lipinski definition) is 0. The molecule has 1 saturated heterocycles. The van der Waals surface area contributed by atoms with Gasteiger partial charge in [0.1, 0.15) is 6.10 Å². The molecular formula is C16H17NO3. The fourth-order valence-electron chi connectivity index (χ4n) is 2.60. The van der Waals surface area contributed by atoms with Crippen molar-refractivity contribution < 1.29 is 14.3 Å². The van der Waals surface area contributed by atoms with E-state index < -0.39 is 0 Å². The number of benzene rings is 1. The third kappa shape index (κ3) is 2.51. The SMILES string of the molecule is CC1=CC(=O)N(CCCC2OC2c2ccccc2)C1=O. The standard InChI is InChI=1S/C16H17NO3/c1-11-10-14(18)17(16(11)19)9-5-8-13-15(20-13)12-6-3-2-4-7-12/h2-4,6-7,10,13,15H,5,8-9H2,1H3. The van der Waals surface area contributed by atoms with Gasteiger partial charge < -0.3 is 4.74 Å². The largest absolute Gasteiger partial charge is 0.365 e. The van der Waals surface area contributed by atoms with Crippen LogP contribution in [0.5, 0.6) is 0 Å². The summed E-state index contributed by atoms with van der Waals surface area (Å²) in [5.74, 6) is -0.352. The van der Waals surface area contributed by atoms with Crippen LogP contribution in [-0.4, -0.2) is 29.4 Å². The van der Waals surface area contributed by atoms with Crippen LogP contribution in [0.15, 0.2) is 42.0 Å². The molecule has 0 bridgehead atoms. The number of imide groups is 1. The zero-order chi connectivity index (χ0) is 14.1. The van der Waals surface area contributed by atoms with Crippen molar-refractivity contribution in [2.24, 2.45) is 0 Å². The van der Waals surface area contributed by atoms with Crippen LogP contribution in [0.4, 0.5) is 0 Å². The van der Waals surface area contributed by atoms with E-state index in [4.69, 9.17) is 4.74 Å². The highest BCUT2D eigenvalue weighted by Crippen LogP contribution is 2.41. The van der Waals surface area contributed by atoms with E-state index in [1.807, 2.05) is 18.2 Å². The van der Waals surface area contributed by atoms with Gasteiger partial charge in [-0.25, -0.2) is 0 Å². The van der Waals surface area contributed by atoms with Crippen LogP contribution in [0, 0.1) is 0 Å². The first-order valence-corrected chi connectivity index (χ1v) is 6.91. The van der Waals surface area contributed by atoms with Crippen LogP contribution in [-0.2, 0) is 14.3 Å². The number of ether oxygens (including phenoxy) is 1. The number of hydrogen-bond acceptors (Lipinski definition) is 3. The molecule has 1 fully saturated rings. The third-order valence-electron chi connectivity index (χ3n) is 3.77. The Kier molecular flexibility index (Phi) is 3.40. The molecule has 0 spiro atoms. The molecule has 0 radical (unpaired) electrons. The first kappa shape index (κ1) is 13.1. The molecule has 20 heavy (non-hydrogen) atoms. The van der Waals surface area contributed by atoms with Gasteiger partial charge in [-0.15, -0.1) is 0 Å². The minimum Gasteiger partial charge on any atom is -0.365 e. The summed E-state index contributed by atoms with van der Waals surface area (Å²) >= 11 is 0. The Bertz CT molecular complexity index is 564. The summed E-state index contributed by atoms with van der Waals surface area (Å²) in [6, 6.07) is 10.1. The highest BCUT2D eigenvalue weighted by atomic mass is 16.6. The maximum absolute atomic E-state index is 11.7. The van der Waals surface area contributed by atoms with Crippen LogP contribution in [0.2, 0.25) is 0 Å². The van der Waals surface area contributed by atoms with E-state index in [1.165, 1.54) is 16.5 Å². The van der Waals surface area contributed by atoms with E-state index in [0.717, 1.165) is 12.8 Å². The molecule has 1 aromatic carbocycles. The molecule has 0 saturated carbocycles. The van der Waals surface area contributed by atoms with Crippen molar-refractivity contribution in [1.82, 2.24) is 4.90 Å². The minimum absolute atomic E-state index is 0.161. The lowest BCUT2D eigenvalue weighted by atomic mass is 10.1. The second-order valence-electron chi connectivity index (χ2n) is 5.27. The average Bonchev–Trinajstić information content (AvgIpc) is 3.18. The van der Waals surface area contributed by atoms with Crippen molar-refractivity contribution in [2.75, 3.05) is 6.54 Å². The molecule has 2 amide bonds. The number of nitrogens with zero attached hydrogens (tertiary/aromatic N) is 1. The van der Waals surface area contributed by atoms with Gasteiger partial charge in [-0.1, -0.05) is 30.3 Å². The van der Waals surface area contributed by atoms with Crippen LogP contribution in [0.3, 0.4) is 0 Å². The number of carbonyl (C=O) groups excluding carboxylic acids is 2. The number of epoxide rings is 1. The molecule has 2 aliphatic rings. The van der Waals surface area contributed by atoms with Crippen molar-refractivity contribution >= 4 is 11.8 Å². The highest BCUT2D eigenvalue weighted by Gasteiger charge is 2.39. The number of carbonyl (C=O) groups is 2. The first-order valence-electron chi connectivity index (χ1n) is 6.91. The molecule has 2 unspecified atom stereocenters. The van der Waals surface area contributed by atoms with Gasteiger partial charge in [0, 0.05) is 18.2 Å². The molecule has 104 valence electrons. The van der Waals surface area contributed by atoms with Gasteiger partial charge in [0.05, 0.1) is 6.10 Å². The molecule has 0 aromatic heterocycles. The summed E-state index contributed by atoms with van der Waals surface area (Å²) in [5.41, 5.74) is 1.73. The van der Waals surface area contributed by atoms with E-state index in [-0.39, 0.29) is 24.0 Å². The van der Waals surface area contributed by atoms with Gasteiger partial charge in [0.15, 0.2) is 0 Å². The van der Waals surface area contributed by atoms with Crippen molar-refractivity contribution in [1.29, 1.82) is 0 Å². The topological polar surface area (TPSA) is 49.9 Å². The Labute approximate surface area is 118 Å².